The summed E-state index contributed by atoms with van der Waals surface area (Å²) in [6, 6.07) is 15.6. The first-order chi connectivity index (χ1) is 17.5. The van der Waals surface area contributed by atoms with Crippen LogP contribution in [-0.4, -0.2) is 45.9 Å². The number of para-hydroxylation sites is 1. The van der Waals surface area contributed by atoms with Crippen molar-refractivity contribution in [1.29, 1.82) is 0 Å². The van der Waals surface area contributed by atoms with Crippen LogP contribution in [0.1, 0.15) is 68.8 Å². The Morgan fingerprint density at radius 2 is 1.62 bits per heavy atom. The van der Waals surface area contributed by atoms with Crippen molar-refractivity contribution < 1.29 is 24.3 Å². The number of hydrogen-bond donors (Lipinski definition) is 2. The number of aliphatic carboxylic acids is 1. The SMILES string of the molecule is CC(C)(C)C1CCC2(CC1)C(=O)N(c1ccccc1)C(=O)N2Cc1ccc(C(=O)NCCC(=O)O)cc1. The zero-order chi connectivity index (χ0) is 26.8. The van der Waals surface area contributed by atoms with E-state index in [4.69, 9.17) is 5.11 Å². The Labute approximate surface area is 217 Å². The number of hydrogen-bond acceptors (Lipinski definition) is 4. The minimum atomic E-state index is -0.976. The van der Waals surface area contributed by atoms with Gasteiger partial charge in [-0.2, -0.15) is 0 Å². The quantitative estimate of drug-likeness (QED) is 0.524. The minimum absolute atomic E-state index is 0.0493. The van der Waals surface area contributed by atoms with Crippen molar-refractivity contribution >= 4 is 29.5 Å². The van der Waals surface area contributed by atoms with Crippen LogP contribution in [-0.2, 0) is 16.1 Å². The molecule has 2 fully saturated rings. The molecule has 8 heteroatoms. The molecular formula is C29H35N3O5. The van der Waals surface area contributed by atoms with E-state index in [0.717, 1.165) is 18.4 Å². The third-order valence-corrected chi connectivity index (χ3v) is 7.77. The average molecular weight is 506 g/mol. The van der Waals surface area contributed by atoms with Gasteiger partial charge in [-0.05, 0) is 66.8 Å². The Bertz CT molecular complexity index is 1160. The maximum absolute atomic E-state index is 13.9. The molecular weight excluding hydrogens is 470 g/mol. The number of carbonyl (C=O) groups excluding carboxylic acids is 3. The highest BCUT2D eigenvalue weighted by Gasteiger charge is 2.58. The Morgan fingerprint density at radius 1 is 1.00 bits per heavy atom. The zero-order valence-corrected chi connectivity index (χ0v) is 21.7. The predicted octanol–water partition coefficient (Wildman–Crippen LogP) is 4.84. The Morgan fingerprint density at radius 3 is 2.19 bits per heavy atom. The molecule has 0 bridgehead atoms. The normalized spacial score (nSPS) is 22.0. The first-order valence-corrected chi connectivity index (χ1v) is 12.8. The fourth-order valence-electron chi connectivity index (χ4n) is 5.51. The maximum Gasteiger partial charge on any atom is 0.332 e. The first-order valence-electron chi connectivity index (χ1n) is 12.8. The average Bonchev–Trinajstić information content (AvgIpc) is 3.05. The lowest BCUT2D eigenvalue weighted by atomic mass is 9.67. The fourth-order valence-corrected chi connectivity index (χ4v) is 5.51. The van der Waals surface area contributed by atoms with Crippen molar-refractivity contribution in [2.45, 2.75) is 65.0 Å². The van der Waals surface area contributed by atoms with E-state index in [1.165, 1.54) is 4.90 Å². The molecule has 0 radical (unpaired) electrons. The van der Waals surface area contributed by atoms with E-state index in [0.29, 0.717) is 30.0 Å². The Hall–Kier alpha value is -3.68. The van der Waals surface area contributed by atoms with Gasteiger partial charge in [0.25, 0.3) is 11.8 Å². The van der Waals surface area contributed by atoms with Gasteiger partial charge in [-0.15, -0.1) is 0 Å². The molecule has 1 spiro atoms. The van der Waals surface area contributed by atoms with E-state index in [-0.39, 0.29) is 42.8 Å². The Balaban J connectivity index is 1.57. The summed E-state index contributed by atoms with van der Waals surface area (Å²) in [5.74, 6) is -1.01. The van der Waals surface area contributed by atoms with E-state index >= 15 is 0 Å². The summed E-state index contributed by atoms with van der Waals surface area (Å²) in [4.78, 5) is 53.7. The molecule has 2 aromatic rings. The highest BCUT2D eigenvalue weighted by molar-refractivity contribution is 6.23. The number of benzene rings is 2. The number of carboxylic acids is 1. The van der Waals surface area contributed by atoms with Gasteiger partial charge >= 0.3 is 12.0 Å². The van der Waals surface area contributed by atoms with E-state index in [1.54, 1.807) is 41.3 Å². The number of anilines is 1. The molecule has 8 nitrogen and oxygen atoms in total. The van der Waals surface area contributed by atoms with Gasteiger partial charge in [-0.3, -0.25) is 14.4 Å². The van der Waals surface area contributed by atoms with Crippen LogP contribution in [0, 0.1) is 11.3 Å². The van der Waals surface area contributed by atoms with Gasteiger partial charge in [0.15, 0.2) is 0 Å². The number of carboxylic acid groups (broad SMARTS) is 1. The number of rotatable bonds is 7. The third kappa shape index (κ3) is 5.38. The monoisotopic (exact) mass is 505 g/mol. The van der Waals surface area contributed by atoms with Gasteiger partial charge < -0.3 is 15.3 Å². The Kier molecular flexibility index (Phi) is 7.39. The number of nitrogens with zero attached hydrogens (tertiary/aromatic N) is 2. The smallest absolute Gasteiger partial charge is 0.332 e. The van der Waals surface area contributed by atoms with Crippen LogP contribution in [0.3, 0.4) is 0 Å². The van der Waals surface area contributed by atoms with Crippen molar-refractivity contribution in [1.82, 2.24) is 10.2 Å². The maximum atomic E-state index is 13.9. The van der Waals surface area contributed by atoms with Crippen LogP contribution in [0.2, 0.25) is 0 Å². The number of urea groups is 1. The van der Waals surface area contributed by atoms with Crippen molar-refractivity contribution in [2.24, 2.45) is 11.3 Å². The lowest BCUT2D eigenvalue weighted by Crippen LogP contribution is -2.52. The largest absolute Gasteiger partial charge is 0.481 e. The molecule has 196 valence electrons. The molecule has 1 saturated carbocycles. The van der Waals surface area contributed by atoms with E-state index in [1.807, 2.05) is 18.2 Å². The second kappa shape index (κ2) is 10.4. The topological polar surface area (TPSA) is 107 Å². The summed E-state index contributed by atoms with van der Waals surface area (Å²) in [7, 11) is 0. The number of nitrogens with one attached hydrogen (secondary N) is 1. The molecule has 4 rings (SSSR count). The van der Waals surface area contributed by atoms with Crippen molar-refractivity contribution in [3.05, 3.63) is 65.7 Å². The highest BCUT2D eigenvalue weighted by atomic mass is 16.4. The molecule has 0 aromatic heterocycles. The van der Waals surface area contributed by atoms with E-state index in [9.17, 15) is 19.2 Å². The second-order valence-corrected chi connectivity index (χ2v) is 11.1. The van der Waals surface area contributed by atoms with Crippen LogP contribution in [0.25, 0.3) is 0 Å². The molecule has 2 N–H and O–H groups in total. The van der Waals surface area contributed by atoms with Crippen LogP contribution in [0.15, 0.2) is 54.6 Å². The fraction of sp³-hybridized carbons (Fsp3) is 0.448. The highest BCUT2D eigenvalue weighted by Crippen LogP contribution is 2.48. The third-order valence-electron chi connectivity index (χ3n) is 7.77. The molecule has 1 saturated heterocycles. The lowest BCUT2D eigenvalue weighted by Gasteiger charge is -2.44. The van der Waals surface area contributed by atoms with Crippen molar-refractivity contribution in [3.63, 3.8) is 0 Å². The molecule has 37 heavy (non-hydrogen) atoms. The van der Waals surface area contributed by atoms with Gasteiger partial charge in [0.1, 0.15) is 5.54 Å². The summed E-state index contributed by atoms with van der Waals surface area (Å²) in [6.07, 6.45) is 2.83. The van der Waals surface area contributed by atoms with Gasteiger partial charge in [-0.25, -0.2) is 9.69 Å². The van der Waals surface area contributed by atoms with Crippen molar-refractivity contribution in [3.8, 4) is 0 Å². The standard InChI is InChI=1S/C29H35N3O5/c1-28(2,3)22-13-16-29(17-14-22)26(36)32(23-7-5-4-6-8-23)27(37)31(29)19-20-9-11-21(12-10-20)25(35)30-18-15-24(33)34/h4-12,22H,13-19H2,1-3H3,(H,30,35)(H,33,34). The van der Waals surface area contributed by atoms with Crippen LogP contribution in [0.5, 0.6) is 0 Å². The van der Waals surface area contributed by atoms with Gasteiger partial charge in [0, 0.05) is 18.7 Å². The summed E-state index contributed by atoms with van der Waals surface area (Å²) < 4.78 is 0. The van der Waals surface area contributed by atoms with Gasteiger partial charge in [0.2, 0.25) is 0 Å². The van der Waals surface area contributed by atoms with Crippen LogP contribution < -0.4 is 10.2 Å². The summed E-state index contributed by atoms with van der Waals surface area (Å²) >= 11 is 0. The molecule has 1 aliphatic heterocycles. The number of amides is 4. The zero-order valence-electron chi connectivity index (χ0n) is 21.7. The molecule has 0 unspecified atom stereocenters. The minimum Gasteiger partial charge on any atom is -0.481 e. The van der Waals surface area contributed by atoms with Gasteiger partial charge in [0.05, 0.1) is 12.1 Å². The summed E-state index contributed by atoms with van der Waals surface area (Å²) in [5, 5.41) is 11.3. The number of imide groups is 1. The summed E-state index contributed by atoms with van der Waals surface area (Å²) in [5.41, 5.74) is 1.05. The first kappa shape index (κ1) is 26.4. The van der Waals surface area contributed by atoms with Gasteiger partial charge in [-0.1, -0.05) is 51.1 Å². The summed E-state index contributed by atoms with van der Waals surface area (Å²) in [6.45, 7) is 6.99. The molecule has 2 aromatic carbocycles. The van der Waals surface area contributed by atoms with Crippen LogP contribution >= 0.6 is 0 Å². The lowest BCUT2D eigenvalue weighted by molar-refractivity contribution is -0.136. The molecule has 0 atom stereocenters. The molecule has 2 aliphatic rings. The number of carbonyl (C=O) groups is 4. The second-order valence-electron chi connectivity index (χ2n) is 11.1. The molecule has 1 heterocycles. The predicted molar refractivity (Wildman–Crippen MR) is 140 cm³/mol. The molecule has 1 aliphatic carbocycles. The van der Waals surface area contributed by atoms with Crippen molar-refractivity contribution in [2.75, 3.05) is 11.4 Å². The van der Waals surface area contributed by atoms with Crippen LogP contribution in [0.4, 0.5) is 10.5 Å². The molecule has 4 amide bonds. The van der Waals surface area contributed by atoms with E-state index in [2.05, 4.69) is 26.1 Å². The van der Waals surface area contributed by atoms with E-state index < -0.39 is 11.5 Å².